The molecule has 1 aliphatic rings. The minimum atomic E-state index is -0.305. The lowest BCUT2D eigenvalue weighted by molar-refractivity contribution is 0.106. The maximum Gasteiger partial charge on any atom is 0.134 e. The molecule has 2 atom stereocenters. The lowest BCUT2D eigenvalue weighted by atomic mass is 9.91. The van der Waals surface area contributed by atoms with Gasteiger partial charge in [-0.3, -0.25) is 0 Å². The second kappa shape index (κ2) is 5.99. The fourth-order valence-electron chi connectivity index (χ4n) is 2.61. The lowest BCUT2D eigenvalue weighted by Crippen LogP contribution is -2.44. The lowest BCUT2D eigenvalue weighted by Gasteiger charge is -2.36. The SMILES string of the molecule is CN(c1ncc(Br)cc1CO)C1CCCCC1O. The van der Waals surface area contributed by atoms with Gasteiger partial charge in [-0.1, -0.05) is 12.8 Å². The Morgan fingerprint density at radius 3 is 2.83 bits per heavy atom. The molecule has 0 bridgehead atoms. The van der Waals surface area contributed by atoms with Crippen LogP contribution in [0.4, 0.5) is 5.82 Å². The minimum Gasteiger partial charge on any atom is -0.392 e. The molecule has 1 aromatic heterocycles. The molecule has 1 saturated carbocycles. The van der Waals surface area contributed by atoms with Crippen LogP contribution in [0.15, 0.2) is 16.7 Å². The van der Waals surface area contributed by atoms with Gasteiger partial charge < -0.3 is 15.1 Å². The van der Waals surface area contributed by atoms with Crippen LogP contribution in [-0.4, -0.2) is 34.4 Å². The van der Waals surface area contributed by atoms with Gasteiger partial charge in [-0.15, -0.1) is 0 Å². The second-order valence-corrected chi connectivity index (χ2v) is 5.74. The minimum absolute atomic E-state index is 0.0467. The number of likely N-dealkylation sites (N-methyl/N-ethyl adjacent to an activating group) is 1. The molecule has 0 aliphatic heterocycles. The Morgan fingerprint density at radius 1 is 1.44 bits per heavy atom. The number of aliphatic hydroxyl groups is 2. The van der Waals surface area contributed by atoms with Crippen molar-refractivity contribution >= 4 is 21.7 Å². The van der Waals surface area contributed by atoms with Crippen LogP contribution in [-0.2, 0) is 6.61 Å². The summed E-state index contributed by atoms with van der Waals surface area (Å²) in [6.07, 6.45) is 5.46. The van der Waals surface area contributed by atoms with E-state index in [4.69, 9.17) is 0 Å². The number of hydrogen-bond donors (Lipinski definition) is 2. The van der Waals surface area contributed by atoms with Crippen LogP contribution < -0.4 is 4.90 Å². The van der Waals surface area contributed by atoms with E-state index < -0.39 is 0 Å². The van der Waals surface area contributed by atoms with Gasteiger partial charge in [-0.25, -0.2) is 4.98 Å². The van der Waals surface area contributed by atoms with Crippen LogP contribution in [0.2, 0.25) is 0 Å². The van der Waals surface area contributed by atoms with Crippen molar-refractivity contribution in [1.29, 1.82) is 0 Å². The largest absolute Gasteiger partial charge is 0.392 e. The molecule has 1 heterocycles. The topological polar surface area (TPSA) is 56.6 Å². The van der Waals surface area contributed by atoms with Gasteiger partial charge in [0.2, 0.25) is 0 Å². The Balaban J connectivity index is 2.24. The number of anilines is 1. The van der Waals surface area contributed by atoms with Crippen LogP contribution >= 0.6 is 15.9 Å². The van der Waals surface area contributed by atoms with Crippen molar-refractivity contribution < 1.29 is 10.2 Å². The summed E-state index contributed by atoms with van der Waals surface area (Å²) < 4.78 is 0.855. The second-order valence-electron chi connectivity index (χ2n) is 4.82. The highest BCUT2D eigenvalue weighted by Gasteiger charge is 2.28. The van der Waals surface area contributed by atoms with E-state index in [1.54, 1.807) is 6.20 Å². The third-order valence-corrected chi connectivity index (χ3v) is 4.04. The molecule has 1 aromatic rings. The molecular formula is C13H19BrN2O2. The molecule has 18 heavy (non-hydrogen) atoms. The molecule has 0 radical (unpaired) electrons. The van der Waals surface area contributed by atoms with Crippen molar-refractivity contribution in [3.05, 3.63) is 22.3 Å². The summed E-state index contributed by atoms with van der Waals surface area (Å²) in [5.74, 6) is 0.756. The molecule has 2 N–H and O–H groups in total. The predicted molar refractivity (Wildman–Crippen MR) is 74.5 cm³/mol. The Bertz CT molecular complexity index is 414. The fraction of sp³-hybridized carbons (Fsp3) is 0.615. The van der Waals surface area contributed by atoms with Crippen LogP contribution in [0.25, 0.3) is 0 Å². The summed E-state index contributed by atoms with van der Waals surface area (Å²) >= 11 is 3.35. The third-order valence-electron chi connectivity index (χ3n) is 3.61. The maximum atomic E-state index is 10.1. The van der Waals surface area contributed by atoms with E-state index in [2.05, 4.69) is 20.9 Å². The number of hydrogen-bond acceptors (Lipinski definition) is 4. The quantitative estimate of drug-likeness (QED) is 0.897. The summed E-state index contributed by atoms with van der Waals surface area (Å²) in [6.45, 7) is -0.0467. The van der Waals surface area contributed by atoms with E-state index in [9.17, 15) is 10.2 Å². The van der Waals surface area contributed by atoms with Crippen molar-refractivity contribution in [2.75, 3.05) is 11.9 Å². The van der Waals surface area contributed by atoms with Gasteiger partial charge in [-0.05, 0) is 34.8 Å². The molecule has 4 nitrogen and oxygen atoms in total. The van der Waals surface area contributed by atoms with Gasteiger partial charge in [-0.2, -0.15) is 0 Å². The van der Waals surface area contributed by atoms with Crippen LogP contribution in [0, 0.1) is 0 Å². The third kappa shape index (κ3) is 2.84. The number of aromatic nitrogens is 1. The van der Waals surface area contributed by atoms with Crippen molar-refractivity contribution in [2.45, 2.75) is 44.4 Å². The van der Waals surface area contributed by atoms with Gasteiger partial charge in [0.1, 0.15) is 5.82 Å². The number of aliphatic hydroxyl groups excluding tert-OH is 2. The Labute approximate surface area is 116 Å². The molecule has 0 saturated heterocycles. The summed E-state index contributed by atoms with van der Waals surface area (Å²) in [5, 5.41) is 19.5. The maximum absolute atomic E-state index is 10.1. The van der Waals surface area contributed by atoms with E-state index in [1.165, 1.54) is 0 Å². The van der Waals surface area contributed by atoms with Crippen LogP contribution in [0.5, 0.6) is 0 Å². The van der Waals surface area contributed by atoms with Gasteiger partial charge in [0, 0.05) is 23.3 Å². The highest BCUT2D eigenvalue weighted by atomic mass is 79.9. The molecule has 1 aliphatic carbocycles. The van der Waals surface area contributed by atoms with Crippen molar-refractivity contribution in [3.63, 3.8) is 0 Å². The van der Waals surface area contributed by atoms with Gasteiger partial charge in [0.25, 0.3) is 0 Å². The Morgan fingerprint density at radius 2 is 2.17 bits per heavy atom. The predicted octanol–water partition coefficient (Wildman–Crippen LogP) is 2.08. The highest BCUT2D eigenvalue weighted by molar-refractivity contribution is 9.10. The van der Waals surface area contributed by atoms with Gasteiger partial charge >= 0.3 is 0 Å². The molecule has 5 heteroatoms. The van der Waals surface area contributed by atoms with E-state index in [-0.39, 0.29) is 18.8 Å². The zero-order valence-corrected chi connectivity index (χ0v) is 12.1. The zero-order valence-electron chi connectivity index (χ0n) is 10.5. The van der Waals surface area contributed by atoms with E-state index in [1.807, 2.05) is 18.0 Å². The standard InChI is InChI=1S/C13H19BrN2O2/c1-16(11-4-2-3-5-12(11)18)13-9(8-17)6-10(14)7-15-13/h6-7,11-12,17-18H,2-5,8H2,1H3. The number of pyridine rings is 1. The Hall–Kier alpha value is -0.650. The normalized spacial score (nSPS) is 24.0. The average Bonchev–Trinajstić information content (AvgIpc) is 2.38. The number of rotatable bonds is 3. The molecule has 0 aromatic carbocycles. The Kier molecular flexibility index (Phi) is 4.59. The summed E-state index contributed by atoms with van der Waals surface area (Å²) in [7, 11) is 1.94. The van der Waals surface area contributed by atoms with Gasteiger partial charge in [0.15, 0.2) is 0 Å². The number of halogens is 1. The summed E-state index contributed by atoms with van der Waals surface area (Å²) in [6, 6.07) is 1.96. The van der Waals surface area contributed by atoms with Crippen LogP contribution in [0.3, 0.4) is 0 Å². The van der Waals surface area contributed by atoms with E-state index in [0.717, 1.165) is 41.5 Å². The first-order valence-corrected chi connectivity index (χ1v) is 7.09. The summed E-state index contributed by atoms with van der Waals surface area (Å²) in [5.41, 5.74) is 0.782. The molecule has 100 valence electrons. The van der Waals surface area contributed by atoms with Crippen LogP contribution in [0.1, 0.15) is 31.2 Å². The van der Waals surface area contributed by atoms with E-state index >= 15 is 0 Å². The fourth-order valence-corrected chi connectivity index (χ4v) is 2.99. The van der Waals surface area contributed by atoms with Crippen molar-refractivity contribution in [1.82, 2.24) is 4.98 Å². The van der Waals surface area contributed by atoms with Crippen molar-refractivity contribution in [3.8, 4) is 0 Å². The smallest absolute Gasteiger partial charge is 0.134 e. The zero-order chi connectivity index (χ0) is 13.1. The van der Waals surface area contributed by atoms with E-state index in [0.29, 0.717) is 0 Å². The summed E-state index contributed by atoms with van der Waals surface area (Å²) in [4.78, 5) is 6.37. The first-order valence-electron chi connectivity index (χ1n) is 6.29. The number of nitrogens with zero attached hydrogens (tertiary/aromatic N) is 2. The molecule has 2 rings (SSSR count). The van der Waals surface area contributed by atoms with Gasteiger partial charge in [0.05, 0.1) is 18.8 Å². The van der Waals surface area contributed by atoms with Crippen molar-refractivity contribution in [2.24, 2.45) is 0 Å². The molecule has 2 unspecified atom stereocenters. The molecule has 0 spiro atoms. The molecular weight excluding hydrogens is 296 g/mol. The first-order chi connectivity index (χ1) is 8.63. The monoisotopic (exact) mass is 314 g/mol. The average molecular weight is 315 g/mol. The highest BCUT2D eigenvalue weighted by Crippen LogP contribution is 2.28. The molecule has 1 fully saturated rings. The first kappa shape index (κ1) is 13.8. The molecule has 0 amide bonds.